The van der Waals surface area contributed by atoms with Crippen molar-refractivity contribution in [3.05, 3.63) is 70.8 Å². The number of allylic oxidation sites excluding steroid dienone is 2. The molecular weight excluding hydrogens is 270 g/mol. The van der Waals surface area contributed by atoms with Gasteiger partial charge in [0.2, 0.25) is 5.78 Å². The predicted octanol–water partition coefficient (Wildman–Crippen LogP) is 2.28. The van der Waals surface area contributed by atoms with Gasteiger partial charge in [0, 0.05) is 17.2 Å². The molecule has 3 rings (SSSR count). The lowest BCUT2D eigenvalue weighted by Crippen LogP contribution is -2.31. The van der Waals surface area contributed by atoms with Crippen LogP contribution in [0.3, 0.4) is 0 Å². The standard InChI is InChI=1S/C16H11NO4/c1-9-4-5-10-11(7-9)15(19)12(8-13(10)18)17-16(20)14-3-2-6-21-14/h2-8H,1H3,(H,17,20). The fraction of sp³-hybridized carbons (Fsp3) is 0.0625. The number of Topliss-reactive ketones (excluding diaryl/α,β-unsaturated/α-hetero) is 1. The van der Waals surface area contributed by atoms with Gasteiger partial charge in [-0.3, -0.25) is 14.4 Å². The van der Waals surface area contributed by atoms with E-state index in [-0.39, 0.29) is 23.0 Å². The van der Waals surface area contributed by atoms with E-state index < -0.39 is 5.91 Å². The summed E-state index contributed by atoms with van der Waals surface area (Å²) in [6, 6.07) is 8.07. The molecule has 0 saturated heterocycles. The van der Waals surface area contributed by atoms with E-state index in [4.69, 9.17) is 4.42 Å². The average Bonchev–Trinajstić information content (AvgIpc) is 2.98. The Morgan fingerprint density at radius 1 is 1.14 bits per heavy atom. The normalized spacial score (nSPS) is 13.7. The topological polar surface area (TPSA) is 76.4 Å². The van der Waals surface area contributed by atoms with E-state index in [0.717, 1.165) is 11.6 Å². The Labute approximate surface area is 120 Å². The summed E-state index contributed by atoms with van der Waals surface area (Å²) in [4.78, 5) is 36.3. The van der Waals surface area contributed by atoms with Crippen LogP contribution in [0.5, 0.6) is 0 Å². The van der Waals surface area contributed by atoms with E-state index in [1.54, 1.807) is 24.3 Å². The van der Waals surface area contributed by atoms with Crippen molar-refractivity contribution in [2.24, 2.45) is 0 Å². The first-order valence-corrected chi connectivity index (χ1v) is 6.32. The Bertz CT molecular complexity index is 785. The summed E-state index contributed by atoms with van der Waals surface area (Å²) in [6.45, 7) is 1.83. The molecule has 0 unspecified atom stereocenters. The van der Waals surface area contributed by atoms with E-state index >= 15 is 0 Å². The third-order valence-corrected chi connectivity index (χ3v) is 3.20. The number of carbonyl (C=O) groups excluding carboxylic acids is 3. The molecule has 5 nitrogen and oxygen atoms in total. The molecule has 1 N–H and O–H groups in total. The number of carbonyl (C=O) groups is 3. The zero-order valence-corrected chi connectivity index (χ0v) is 11.2. The number of hydrogen-bond donors (Lipinski definition) is 1. The maximum Gasteiger partial charge on any atom is 0.291 e. The molecule has 1 aromatic carbocycles. The van der Waals surface area contributed by atoms with Crippen molar-refractivity contribution in [1.29, 1.82) is 0 Å². The minimum atomic E-state index is -0.566. The number of ketones is 2. The highest BCUT2D eigenvalue weighted by molar-refractivity contribution is 6.25. The predicted molar refractivity (Wildman–Crippen MR) is 74.1 cm³/mol. The first-order chi connectivity index (χ1) is 10.1. The fourth-order valence-electron chi connectivity index (χ4n) is 2.16. The molecule has 0 saturated carbocycles. The van der Waals surface area contributed by atoms with E-state index in [0.29, 0.717) is 11.1 Å². The smallest absolute Gasteiger partial charge is 0.291 e. The molecule has 0 radical (unpaired) electrons. The number of amides is 1. The van der Waals surface area contributed by atoms with Crippen LogP contribution in [0.1, 0.15) is 36.8 Å². The fourth-order valence-corrected chi connectivity index (χ4v) is 2.16. The number of rotatable bonds is 2. The van der Waals surface area contributed by atoms with Gasteiger partial charge in [-0.2, -0.15) is 0 Å². The monoisotopic (exact) mass is 281 g/mol. The summed E-state index contributed by atoms with van der Waals surface area (Å²) in [7, 11) is 0. The maximum atomic E-state index is 12.4. The molecule has 1 aliphatic rings. The Hall–Kier alpha value is -2.95. The number of nitrogens with one attached hydrogen (secondary N) is 1. The first-order valence-electron chi connectivity index (χ1n) is 6.32. The number of aryl methyl sites for hydroxylation is 1. The minimum Gasteiger partial charge on any atom is -0.459 e. The van der Waals surface area contributed by atoms with Gasteiger partial charge in [-0.05, 0) is 25.1 Å². The van der Waals surface area contributed by atoms with Gasteiger partial charge in [0.05, 0.1) is 12.0 Å². The van der Waals surface area contributed by atoms with Crippen LogP contribution in [0.15, 0.2) is 52.8 Å². The van der Waals surface area contributed by atoms with Gasteiger partial charge in [-0.1, -0.05) is 17.7 Å². The van der Waals surface area contributed by atoms with Crippen LogP contribution in [0.25, 0.3) is 0 Å². The second-order valence-electron chi connectivity index (χ2n) is 4.73. The molecule has 21 heavy (non-hydrogen) atoms. The van der Waals surface area contributed by atoms with Gasteiger partial charge in [-0.25, -0.2) is 0 Å². The van der Waals surface area contributed by atoms with Crippen LogP contribution in [-0.2, 0) is 0 Å². The molecule has 2 aromatic rings. The quantitative estimate of drug-likeness (QED) is 0.916. The highest BCUT2D eigenvalue weighted by Gasteiger charge is 2.27. The Morgan fingerprint density at radius 3 is 2.67 bits per heavy atom. The summed E-state index contributed by atoms with van der Waals surface area (Å²) >= 11 is 0. The molecule has 1 amide bonds. The Balaban J connectivity index is 1.93. The lowest BCUT2D eigenvalue weighted by Gasteiger charge is -2.15. The zero-order chi connectivity index (χ0) is 15.0. The molecule has 5 heteroatoms. The summed E-state index contributed by atoms with van der Waals surface area (Å²) in [5.41, 5.74) is 1.48. The van der Waals surface area contributed by atoms with Gasteiger partial charge in [0.1, 0.15) is 0 Å². The Kier molecular flexibility index (Phi) is 3.02. The average molecular weight is 281 g/mol. The lowest BCUT2D eigenvalue weighted by atomic mass is 9.91. The number of benzene rings is 1. The van der Waals surface area contributed by atoms with Crippen LogP contribution in [-0.4, -0.2) is 17.5 Å². The highest BCUT2D eigenvalue weighted by atomic mass is 16.3. The molecule has 0 spiro atoms. The second-order valence-corrected chi connectivity index (χ2v) is 4.73. The van der Waals surface area contributed by atoms with Crippen LogP contribution < -0.4 is 5.32 Å². The summed E-state index contributed by atoms with van der Waals surface area (Å²) in [5.74, 6) is -1.18. The van der Waals surface area contributed by atoms with Crippen molar-refractivity contribution in [2.75, 3.05) is 0 Å². The highest BCUT2D eigenvalue weighted by Crippen LogP contribution is 2.21. The summed E-state index contributed by atoms with van der Waals surface area (Å²) < 4.78 is 4.95. The third kappa shape index (κ3) is 2.29. The van der Waals surface area contributed by atoms with E-state index in [1.807, 2.05) is 6.92 Å². The Morgan fingerprint density at radius 2 is 1.95 bits per heavy atom. The molecule has 1 heterocycles. The second kappa shape index (κ2) is 4.86. The van der Waals surface area contributed by atoms with E-state index in [1.165, 1.54) is 12.3 Å². The largest absolute Gasteiger partial charge is 0.459 e. The maximum absolute atomic E-state index is 12.4. The van der Waals surface area contributed by atoms with Crippen molar-refractivity contribution in [3.8, 4) is 0 Å². The molecule has 0 bridgehead atoms. The van der Waals surface area contributed by atoms with Gasteiger partial charge in [0.15, 0.2) is 11.5 Å². The van der Waals surface area contributed by atoms with Gasteiger partial charge in [0.25, 0.3) is 5.91 Å². The van der Waals surface area contributed by atoms with Crippen molar-refractivity contribution >= 4 is 17.5 Å². The summed E-state index contributed by atoms with van der Waals surface area (Å²) in [5, 5.41) is 2.42. The number of furan rings is 1. The van der Waals surface area contributed by atoms with Crippen molar-refractivity contribution in [2.45, 2.75) is 6.92 Å². The van der Waals surface area contributed by atoms with Crippen LogP contribution in [0.4, 0.5) is 0 Å². The molecule has 0 fully saturated rings. The molecule has 104 valence electrons. The molecular formula is C16H11NO4. The molecule has 1 aromatic heterocycles. The SMILES string of the molecule is Cc1ccc2c(c1)C(=O)C(NC(=O)c1ccco1)=CC2=O. The molecule has 0 aliphatic heterocycles. The van der Waals surface area contributed by atoms with Gasteiger partial charge < -0.3 is 9.73 Å². The molecule has 1 aliphatic carbocycles. The lowest BCUT2D eigenvalue weighted by molar-refractivity contribution is 0.0906. The van der Waals surface area contributed by atoms with E-state index in [2.05, 4.69) is 5.32 Å². The van der Waals surface area contributed by atoms with Gasteiger partial charge >= 0.3 is 0 Å². The summed E-state index contributed by atoms with van der Waals surface area (Å²) in [6.07, 6.45) is 2.50. The molecule has 0 atom stereocenters. The van der Waals surface area contributed by atoms with Gasteiger partial charge in [-0.15, -0.1) is 0 Å². The first kappa shape index (κ1) is 13.1. The minimum absolute atomic E-state index is 0.0421. The van der Waals surface area contributed by atoms with Crippen molar-refractivity contribution in [3.63, 3.8) is 0 Å². The number of hydrogen-bond acceptors (Lipinski definition) is 4. The van der Waals surface area contributed by atoms with E-state index in [9.17, 15) is 14.4 Å². The number of fused-ring (bicyclic) bond motifs is 1. The van der Waals surface area contributed by atoms with Crippen LogP contribution in [0.2, 0.25) is 0 Å². The van der Waals surface area contributed by atoms with Crippen molar-refractivity contribution < 1.29 is 18.8 Å². The zero-order valence-electron chi connectivity index (χ0n) is 11.2. The third-order valence-electron chi connectivity index (χ3n) is 3.20. The van der Waals surface area contributed by atoms with Crippen molar-refractivity contribution in [1.82, 2.24) is 5.32 Å². The van der Waals surface area contributed by atoms with Crippen LogP contribution >= 0.6 is 0 Å². The van der Waals surface area contributed by atoms with Crippen LogP contribution in [0, 0.1) is 6.92 Å².